The summed E-state index contributed by atoms with van der Waals surface area (Å²) in [5, 5.41) is 0. The van der Waals surface area contributed by atoms with Gasteiger partial charge in [0.2, 0.25) is 0 Å². The minimum absolute atomic E-state index is 0.210. The van der Waals surface area contributed by atoms with Crippen LogP contribution in [0.5, 0.6) is 0 Å². The van der Waals surface area contributed by atoms with Crippen molar-refractivity contribution in [3.8, 4) is 0 Å². The van der Waals surface area contributed by atoms with E-state index in [-0.39, 0.29) is 29.5 Å². The molecule has 2 N–H and O–H groups in total. The summed E-state index contributed by atoms with van der Waals surface area (Å²) in [5.74, 6) is 0. The molecule has 2 unspecified atom stereocenters. The molecule has 5 nitrogen and oxygen atoms in total. The minimum atomic E-state index is -0.481. The van der Waals surface area contributed by atoms with E-state index in [0.717, 1.165) is 0 Å². The molecule has 1 saturated heterocycles. The highest BCUT2D eigenvalue weighted by Crippen LogP contribution is 2.28. The van der Waals surface area contributed by atoms with E-state index in [1.165, 1.54) is 0 Å². The van der Waals surface area contributed by atoms with Crippen LogP contribution in [0.25, 0.3) is 0 Å². The van der Waals surface area contributed by atoms with Crippen molar-refractivity contribution in [2.24, 2.45) is 5.73 Å². The highest BCUT2D eigenvalue weighted by Gasteiger charge is 2.46. The molecule has 0 bridgehead atoms. The van der Waals surface area contributed by atoms with Gasteiger partial charge >= 0.3 is 0 Å². The lowest BCUT2D eigenvalue weighted by Gasteiger charge is -2.31. The van der Waals surface area contributed by atoms with Crippen LogP contribution < -0.4 is 5.73 Å². The van der Waals surface area contributed by atoms with Crippen LogP contribution in [0.4, 0.5) is 0 Å². The van der Waals surface area contributed by atoms with Crippen molar-refractivity contribution in [2.45, 2.75) is 77.3 Å². The largest absolute Gasteiger partial charge is 0.374 e. The molecule has 1 aliphatic rings. The Balaban J connectivity index is 2.72. The predicted molar refractivity (Wildman–Crippen MR) is 74.0 cm³/mol. The Morgan fingerprint density at radius 3 is 2.00 bits per heavy atom. The van der Waals surface area contributed by atoms with E-state index in [4.69, 9.17) is 24.7 Å². The maximum Gasteiger partial charge on any atom is 0.135 e. The fourth-order valence-corrected chi connectivity index (χ4v) is 2.04. The Morgan fingerprint density at radius 1 is 1.00 bits per heavy atom. The first-order valence-corrected chi connectivity index (χ1v) is 6.79. The monoisotopic (exact) mass is 275 g/mol. The molecule has 0 aromatic heterocycles. The normalized spacial score (nSPS) is 32.8. The Morgan fingerprint density at radius 2 is 1.58 bits per heavy atom. The molecule has 1 rings (SSSR count). The lowest BCUT2D eigenvalue weighted by Crippen LogP contribution is -2.45. The standard InChI is InChI=1S/C14H29NO4/c1-13(2,3)17-8-9-10(19-14(4,5)6)11(16-7)12(15)18-9/h9-12H,8,15H2,1-7H3/t9-,10?,11?,12+/m1/s1. The molecular weight excluding hydrogens is 246 g/mol. The van der Waals surface area contributed by atoms with E-state index in [2.05, 4.69) is 0 Å². The van der Waals surface area contributed by atoms with Crippen molar-refractivity contribution in [3.63, 3.8) is 0 Å². The highest BCUT2D eigenvalue weighted by atomic mass is 16.6. The Hall–Kier alpha value is -0.200. The van der Waals surface area contributed by atoms with Crippen LogP contribution in [-0.2, 0) is 18.9 Å². The molecule has 0 aliphatic carbocycles. The van der Waals surface area contributed by atoms with Gasteiger partial charge in [-0.1, -0.05) is 0 Å². The maximum atomic E-state index is 6.04. The van der Waals surface area contributed by atoms with Gasteiger partial charge in [0, 0.05) is 7.11 Å². The number of rotatable bonds is 4. The summed E-state index contributed by atoms with van der Waals surface area (Å²) in [4.78, 5) is 0. The molecule has 4 atom stereocenters. The number of methoxy groups -OCH3 is 1. The van der Waals surface area contributed by atoms with Crippen LogP contribution >= 0.6 is 0 Å². The lowest BCUT2D eigenvalue weighted by molar-refractivity contribution is -0.140. The second kappa shape index (κ2) is 6.06. The Labute approximate surface area is 116 Å². The summed E-state index contributed by atoms with van der Waals surface area (Å²) in [5.41, 5.74) is 5.45. The van der Waals surface area contributed by atoms with Crippen LogP contribution in [-0.4, -0.2) is 49.5 Å². The van der Waals surface area contributed by atoms with Crippen LogP contribution in [0.2, 0.25) is 0 Å². The molecule has 0 saturated carbocycles. The van der Waals surface area contributed by atoms with E-state index in [0.29, 0.717) is 6.61 Å². The van der Waals surface area contributed by atoms with Gasteiger partial charge in [-0.2, -0.15) is 0 Å². The van der Waals surface area contributed by atoms with Crippen molar-refractivity contribution in [3.05, 3.63) is 0 Å². The van der Waals surface area contributed by atoms with E-state index >= 15 is 0 Å². The van der Waals surface area contributed by atoms with Gasteiger partial charge < -0.3 is 24.7 Å². The second-order valence-electron chi connectivity index (χ2n) is 6.96. The zero-order chi connectivity index (χ0) is 14.8. The van der Waals surface area contributed by atoms with Gasteiger partial charge in [-0.15, -0.1) is 0 Å². The van der Waals surface area contributed by atoms with E-state index in [1.807, 2.05) is 41.5 Å². The van der Waals surface area contributed by atoms with Gasteiger partial charge in [-0.3, -0.25) is 0 Å². The molecule has 0 spiro atoms. The van der Waals surface area contributed by atoms with Crippen molar-refractivity contribution in [2.75, 3.05) is 13.7 Å². The second-order valence-corrected chi connectivity index (χ2v) is 6.96. The molecule has 19 heavy (non-hydrogen) atoms. The van der Waals surface area contributed by atoms with Crippen LogP contribution in [0.1, 0.15) is 41.5 Å². The van der Waals surface area contributed by atoms with Crippen molar-refractivity contribution in [1.82, 2.24) is 0 Å². The molecule has 1 aliphatic heterocycles. The van der Waals surface area contributed by atoms with Gasteiger partial charge in [-0.25, -0.2) is 0 Å². The molecule has 1 heterocycles. The average molecular weight is 275 g/mol. The molecule has 114 valence electrons. The lowest BCUT2D eigenvalue weighted by atomic mass is 10.1. The first-order chi connectivity index (χ1) is 8.53. The van der Waals surface area contributed by atoms with Crippen LogP contribution in [0.3, 0.4) is 0 Å². The quantitative estimate of drug-likeness (QED) is 0.846. The van der Waals surface area contributed by atoms with Crippen molar-refractivity contribution < 1.29 is 18.9 Å². The van der Waals surface area contributed by atoms with E-state index < -0.39 is 6.23 Å². The van der Waals surface area contributed by atoms with Crippen LogP contribution in [0.15, 0.2) is 0 Å². The molecule has 0 amide bonds. The smallest absolute Gasteiger partial charge is 0.135 e. The topological polar surface area (TPSA) is 62.9 Å². The third-order valence-electron chi connectivity index (χ3n) is 2.79. The third-order valence-corrected chi connectivity index (χ3v) is 2.79. The van der Waals surface area contributed by atoms with E-state index in [9.17, 15) is 0 Å². The fraction of sp³-hybridized carbons (Fsp3) is 1.00. The Bertz CT molecular complexity index is 282. The van der Waals surface area contributed by atoms with Gasteiger partial charge in [0.05, 0.1) is 17.8 Å². The summed E-state index contributed by atoms with van der Waals surface area (Å²) in [6.45, 7) is 12.5. The SMILES string of the molecule is COC1C(OC(C)(C)C)[C@@H](COC(C)(C)C)O[C@@H]1N. The zero-order valence-corrected chi connectivity index (χ0v) is 13.2. The predicted octanol–water partition coefficient (Wildman–Crippen LogP) is 1.68. The van der Waals surface area contributed by atoms with E-state index in [1.54, 1.807) is 7.11 Å². The zero-order valence-electron chi connectivity index (χ0n) is 13.2. The summed E-state index contributed by atoms with van der Waals surface area (Å²) in [6.07, 6.45) is -1.18. The molecular formula is C14H29NO4. The summed E-state index contributed by atoms with van der Waals surface area (Å²) in [7, 11) is 1.62. The minimum Gasteiger partial charge on any atom is -0.374 e. The van der Waals surface area contributed by atoms with Gasteiger partial charge in [0.25, 0.3) is 0 Å². The number of hydrogen-bond acceptors (Lipinski definition) is 5. The molecule has 0 radical (unpaired) electrons. The number of hydrogen-bond donors (Lipinski definition) is 1. The van der Waals surface area contributed by atoms with Crippen molar-refractivity contribution >= 4 is 0 Å². The van der Waals surface area contributed by atoms with Crippen molar-refractivity contribution in [1.29, 1.82) is 0 Å². The van der Waals surface area contributed by atoms with Gasteiger partial charge in [0.15, 0.2) is 0 Å². The summed E-state index contributed by atoms with van der Waals surface area (Å²) >= 11 is 0. The summed E-state index contributed by atoms with van der Waals surface area (Å²) in [6, 6.07) is 0. The first kappa shape index (κ1) is 16.9. The fourth-order valence-electron chi connectivity index (χ4n) is 2.04. The van der Waals surface area contributed by atoms with Gasteiger partial charge in [0.1, 0.15) is 24.5 Å². The molecule has 1 fully saturated rings. The maximum absolute atomic E-state index is 6.04. The number of nitrogens with two attached hydrogens (primary N) is 1. The molecule has 5 heteroatoms. The van der Waals surface area contributed by atoms with Crippen LogP contribution in [0, 0.1) is 0 Å². The highest BCUT2D eigenvalue weighted by molar-refractivity contribution is 4.92. The molecule has 0 aromatic rings. The average Bonchev–Trinajstić information content (AvgIpc) is 2.48. The first-order valence-electron chi connectivity index (χ1n) is 6.79. The van der Waals surface area contributed by atoms with Gasteiger partial charge in [-0.05, 0) is 41.5 Å². The Kier molecular flexibility index (Phi) is 5.37. The summed E-state index contributed by atoms with van der Waals surface area (Å²) < 4.78 is 23.0. The number of ether oxygens (including phenoxy) is 4. The molecule has 0 aromatic carbocycles. The third kappa shape index (κ3) is 5.36.